The number of carbonyl (C=O) groups is 2. The van der Waals surface area contributed by atoms with Crippen molar-refractivity contribution in [2.75, 3.05) is 24.6 Å². The van der Waals surface area contributed by atoms with Crippen LogP contribution in [0.5, 0.6) is 11.5 Å². The minimum Gasteiger partial charge on any atom is -0.497 e. The van der Waals surface area contributed by atoms with Crippen LogP contribution in [0, 0.1) is 6.92 Å². The molecule has 0 unspecified atom stereocenters. The second kappa shape index (κ2) is 15.4. The topological polar surface area (TPSA) is 105 Å². The Hall–Kier alpha value is -4.05. The van der Waals surface area contributed by atoms with E-state index in [9.17, 15) is 18.0 Å². The molecule has 0 radical (unpaired) electrons. The average Bonchev–Trinajstić information content (AvgIpc) is 3.00. The van der Waals surface area contributed by atoms with E-state index < -0.39 is 28.5 Å². The van der Waals surface area contributed by atoms with Crippen LogP contribution in [-0.4, -0.2) is 57.5 Å². The van der Waals surface area contributed by atoms with Gasteiger partial charge in [0, 0.05) is 12.6 Å². The van der Waals surface area contributed by atoms with Crippen molar-refractivity contribution < 1.29 is 27.5 Å². The zero-order valence-electron chi connectivity index (χ0n) is 25.9. The molecule has 0 aromatic heterocycles. The predicted molar refractivity (Wildman–Crippen MR) is 169 cm³/mol. The molecular weight excluding hydrogens is 566 g/mol. The van der Waals surface area contributed by atoms with Gasteiger partial charge in [-0.25, -0.2) is 8.42 Å². The van der Waals surface area contributed by atoms with Crippen LogP contribution < -0.4 is 19.1 Å². The fraction of sp³-hybridized carbons (Fsp3) is 0.394. The van der Waals surface area contributed by atoms with Crippen molar-refractivity contribution >= 4 is 27.5 Å². The van der Waals surface area contributed by atoms with Gasteiger partial charge in [0.25, 0.3) is 10.0 Å². The molecule has 232 valence electrons. The first kappa shape index (κ1) is 33.5. The Morgan fingerprint density at radius 3 is 2.16 bits per heavy atom. The van der Waals surface area contributed by atoms with E-state index in [1.165, 1.54) is 17.0 Å². The number of benzene rings is 3. The number of sulfonamides is 1. The zero-order chi connectivity index (χ0) is 31.6. The molecule has 0 aliphatic carbocycles. The lowest BCUT2D eigenvalue weighted by Gasteiger charge is -2.33. The highest BCUT2D eigenvalue weighted by atomic mass is 32.2. The fourth-order valence-electron chi connectivity index (χ4n) is 4.57. The number of aryl methyl sites for hydroxylation is 1. The highest BCUT2D eigenvalue weighted by molar-refractivity contribution is 7.92. The number of methoxy groups -OCH3 is 1. The number of hydrogen-bond donors (Lipinski definition) is 1. The second-order valence-electron chi connectivity index (χ2n) is 10.4. The molecule has 0 spiro atoms. The number of nitrogens with one attached hydrogen (secondary N) is 1. The van der Waals surface area contributed by atoms with E-state index in [0.717, 1.165) is 21.9 Å². The standard InChI is InChI=1S/C33H43N3O6S/c1-7-25(5)34-33(38)31(8-2)35(22-26-11-10-12-29(21-26)41-6)32(37)23-36(27-15-17-28(18-16-27)42-9-3)43(39,40)30-19-13-24(4)14-20-30/h10-21,25,31H,7-9,22-23H2,1-6H3,(H,34,38)/t25-,31-/m0/s1. The van der Waals surface area contributed by atoms with Crippen LogP contribution in [-0.2, 0) is 26.2 Å². The van der Waals surface area contributed by atoms with E-state index >= 15 is 0 Å². The predicted octanol–water partition coefficient (Wildman–Crippen LogP) is 5.32. The van der Waals surface area contributed by atoms with Gasteiger partial charge >= 0.3 is 0 Å². The third-order valence-electron chi connectivity index (χ3n) is 7.20. The molecule has 3 rings (SSSR count). The number of rotatable bonds is 15. The van der Waals surface area contributed by atoms with Crippen LogP contribution in [0.3, 0.4) is 0 Å². The van der Waals surface area contributed by atoms with Gasteiger partial charge in [-0.15, -0.1) is 0 Å². The van der Waals surface area contributed by atoms with Gasteiger partial charge in [0.2, 0.25) is 11.8 Å². The van der Waals surface area contributed by atoms with Gasteiger partial charge < -0.3 is 19.7 Å². The van der Waals surface area contributed by atoms with Crippen molar-refractivity contribution in [3.63, 3.8) is 0 Å². The molecule has 9 nitrogen and oxygen atoms in total. The Morgan fingerprint density at radius 2 is 1.58 bits per heavy atom. The van der Waals surface area contributed by atoms with E-state index in [1.807, 2.05) is 46.8 Å². The molecular formula is C33H43N3O6S. The monoisotopic (exact) mass is 609 g/mol. The SMILES string of the molecule is CCOc1ccc(N(CC(=O)N(Cc2cccc(OC)c2)[C@@H](CC)C(=O)N[C@@H](C)CC)S(=O)(=O)c2ccc(C)cc2)cc1. The molecule has 0 heterocycles. The minimum absolute atomic E-state index is 0.0562. The summed E-state index contributed by atoms with van der Waals surface area (Å²) in [7, 11) is -2.60. The van der Waals surface area contributed by atoms with E-state index in [1.54, 1.807) is 55.6 Å². The van der Waals surface area contributed by atoms with Crippen molar-refractivity contribution in [2.24, 2.45) is 0 Å². The Kier molecular flexibility index (Phi) is 12.0. The largest absolute Gasteiger partial charge is 0.497 e. The molecule has 43 heavy (non-hydrogen) atoms. The summed E-state index contributed by atoms with van der Waals surface area (Å²) in [5, 5.41) is 2.99. The van der Waals surface area contributed by atoms with Gasteiger partial charge in [-0.1, -0.05) is 43.7 Å². The third-order valence-corrected chi connectivity index (χ3v) is 8.99. The molecule has 3 aromatic rings. The van der Waals surface area contributed by atoms with Crippen LogP contribution in [0.2, 0.25) is 0 Å². The molecule has 3 aromatic carbocycles. The number of carbonyl (C=O) groups excluding carboxylic acids is 2. The number of ether oxygens (including phenoxy) is 2. The maximum absolute atomic E-state index is 14.2. The van der Waals surface area contributed by atoms with Gasteiger partial charge in [0.1, 0.15) is 24.1 Å². The first-order valence-corrected chi connectivity index (χ1v) is 16.0. The lowest BCUT2D eigenvalue weighted by atomic mass is 10.1. The summed E-state index contributed by atoms with van der Waals surface area (Å²) in [6.07, 6.45) is 1.07. The highest BCUT2D eigenvalue weighted by Crippen LogP contribution is 2.27. The third kappa shape index (κ3) is 8.73. The van der Waals surface area contributed by atoms with Gasteiger partial charge in [-0.2, -0.15) is 0 Å². The highest BCUT2D eigenvalue weighted by Gasteiger charge is 2.34. The summed E-state index contributed by atoms with van der Waals surface area (Å²) in [5.74, 6) is 0.387. The molecule has 10 heteroatoms. The van der Waals surface area contributed by atoms with Crippen molar-refractivity contribution in [3.05, 3.63) is 83.9 Å². The maximum Gasteiger partial charge on any atom is 0.264 e. The molecule has 0 aliphatic heterocycles. The van der Waals surface area contributed by atoms with E-state index in [4.69, 9.17) is 9.47 Å². The lowest BCUT2D eigenvalue weighted by molar-refractivity contribution is -0.140. The summed E-state index contributed by atoms with van der Waals surface area (Å²) < 4.78 is 40.1. The Balaban J connectivity index is 2.07. The molecule has 0 bridgehead atoms. The molecule has 2 atom stereocenters. The molecule has 0 aliphatic rings. The Labute approximate surface area is 255 Å². The smallest absolute Gasteiger partial charge is 0.264 e. The first-order chi connectivity index (χ1) is 20.5. The van der Waals surface area contributed by atoms with Crippen LogP contribution in [0.1, 0.15) is 51.7 Å². The van der Waals surface area contributed by atoms with E-state index in [-0.39, 0.29) is 23.4 Å². The average molecular weight is 610 g/mol. The zero-order valence-corrected chi connectivity index (χ0v) is 26.7. The van der Waals surface area contributed by atoms with Crippen LogP contribution in [0.15, 0.2) is 77.7 Å². The summed E-state index contributed by atoms with van der Waals surface area (Å²) >= 11 is 0. The Bertz CT molecular complexity index is 1460. The Morgan fingerprint density at radius 1 is 0.907 bits per heavy atom. The number of amides is 2. The van der Waals surface area contributed by atoms with Gasteiger partial charge in [0.05, 0.1) is 24.3 Å². The van der Waals surface area contributed by atoms with Crippen molar-refractivity contribution in [1.29, 1.82) is 0 Å². The fourth-order valence-corrected chi connectivity index (χ4v) is 5.98. The first-order valence-electron chi connectivity index (χ1n) is 14.6. The molecule has 1 N–H and O–H groups in total. The van der Waals surface area contributed by atoms with Crippen LogP contribution >= 0.6 is 0 Å². The molecule has 2 amide bonds. The molecule has 0 fully saturated rings. The van der Waals surface area contributed by atoms with Gasteiger partial charge in [-0.3, -0.25) is 13.9 Å². The maximum atomic E-state index is 14.2. The normalized spacial score (nSPS) is 12.6. The summed E-state index contributed by atoms with van der Waals surface area (Å²) in [5.41, 5.74) is 1.96. The van der Waals surface area contributed by atoms with Crippen molar-refractivity contribution in [2.45, 2.75) is 71.0 Å². The summed E-state index contributed by atoms with van der Waals surface area (Å²) in [6.45, 7) is 9.47. The lowest BCUT2D eigenvalue weighted by Crippen LogP contribution is -2.53. The molecule has 0 saturated heterocycles. The number of nitrogens with zero attached hydrogens (tertiary/aromatic N) is 2. The van der Waals surface area contributed by atoms with E-state index in [0.29, 0.717) is 30.2 Å². The quantitative estimate of drug-likeness (QED) is 0.250. The molecule has 0 saturated carbocycles. The van der Waals surface area contributed by atoms with Gasteiger partial charge in [0.15, 0.2) is 0 Å². The van der Waals surface area contributed by atoms with E-state index in [2.05, 4.69) is 5.32 Å². The number of hydrogen-bond acceptors (Lipinski definition) is 6. The number of anilines is 1. The van der Waals surface area contributed by atoms with Crippen molar-refractivity contribution in [1.82, 2.24) is 10.2 Å². The second-order valence-corrected chi connectivity index (χ2v) is 12.2. The summed E-state index contributed by atoms with van der Waals surface area (Å²) in [4.78, 5) is 29.2. The van der Waals surface area contributed by atoms with Crippen LogP contribution in [0.4, 0.5) is 5.69 Å². The van der Waals surface area contributed by atoms with Crippen molar-refractivity contribution in [3.8, 4) is 11.5 Å². The van der Waals surface area contributed by atoms with Gasteiger partial charge in [-0.05, 0) is 87.7 Å². The minimum atomic E-state index is -4.16. The van der Waals surface area contributed by atoms with Crippen LogP contribution in [0.25, 0.3) is 0 Å². The summed E-state index contributed by atoms with van der Waals surface area (Å²) in [6, 6.07) is 19.4.